The van der Waals surface area contributed by atoms with E-state index in [9.17, 15) is 4.39 Å². The quantitative estimate of drug-likeness (QED) is 0.382. The molecule has 136 valence electrons. The van der Waals surface area contributed by atoms with Crippen molar-refractivity contribution in [1.29, 1.82) is 0 Å². The number of nitrogens with zero attached hydrogens (tertiary/aromatic N) is 2. The van der Waals surface area contributed by atoms with Crippen molar-refractivity contribution in [2.45, 2.75) is 33.2 Å². The van der Waals surface area contributed by atoms with E-state index in [-0.39, 0.29) is 29.8 Å². The average molecular weight is 448 g/mol. The summed E-state index contributed by atoms with van der Waals surface area (Å²) in [5.74, 6) is 1.32. The van der Waals surface area contributed by atoms with Gasteiger partial charge in [0.25, 0.3) is 0 Å². The number of nitrogens with one attached hydrogen (secondary N) is 2. The topological polar surface area (TPSA) is 39.7 Å². The Balaban J connectivity index is 0.00000288. The van der Waals surface area contributed by atoms with Crippen molar-refractivity contribution in [2.24, 2.45) is 10.9 Å². The first-order chi connectivity index (χ1) is 11.2. The van der Waals surface area contributed by atoms with Crippen molar-refractivity contribution < 1.29 is 4.39 Å². The molecule has 1 aliphatic heterocycles. The molecule has 0 aliphatic carbocycles. The molecular weight excluding hydrogens is 418 g/mol. The Bertz CT molecular complexity index is 492. The number of halogens is 2. The molecule has 1 fully saturated rings. The van der Waals surface area contributed by atoms with Crippen LogP contribution >= 0.6 is 24.0 Å². The van der Waals surface area contributed by atoms with Crippen LogP contribution in [-0.2, 0) is 6.54 Å². The number of aliphatic imine (C=N–C) groups is 1. The molecule has 6 heteroatoms. The van der Waals surface area contributed by atoms with Gasteiger partial charge >= 0.3 is 0 Å². The molecule has 1 atom stereocenters. The van der Waals surface area contributed by atoms with E-state index in [0.717, 1.165) is 24.6 Å². The van der Waals surface area contributed by atoms with Gasteiger partial charge in [-0.25, -0.2) is 9.38 Å². The standard InChI is InChI=1S/C18H29FN4.HI/c1-3-10-23-11-9-16(14-23)13-22-18(20-4-2)21-12-15-5-7-17(19)8-6-15;/h5-8,16H,3-4,9-14H2,1-2H3,(H2,20,21,22);1H. The molecule has 1 aromatic carbocycles. The smallest absolute Gasteiger partial charge is 0.191 e. The zero-order chi connectivity index (χ0) is 16.5. The highest BCUT2D eigenvalue weighted by Crippen LogP contribution is 2.15. The van der Waals surface area contributed by atoms with E-state index < -0.39 is 0 Å². The molecule has 1 unspecified atom stereocenters. The van der Waals surface area contributed by atoms with Crippen LogP contribution in [0.3, 0.4) is 0 Å². The highest BCUT2D eigenvalue weighted by Gasteiger charge is 2.21. The molecule has 1 aromatic rings. The fraction of sp³-hybridized carbons (Fsp3) is 0.611. The van der Waals surface area contributed by atoms with Crippen LogP contribution in [0.2, 0.25) is 0 Å². The molecule has 0 bridgehead atoms. The van der Waals surface area contributed by atoms with Gasteiger partial charge in [0.05, 0.1) is 6.54 Å². The summed E-state index contributed by atoms with van der Waals surface area (Å²) >= 11 is 0. The van der Waals surface area contributed by atoms with E-state index in [1.165, 1.54) is 44.6 Å². The summed E-state index contributed by atoms with van der Waals surface area (Å²) in [6, 6.07) is 6.52. The van der Waals surface area contributed by atoms with E-state index in [2.05, 4.69) is 34.4 Å². The van der Waals surface area contributed by atoms with E-state index in [0.29, 0.717) is 12.5 Å². The van der Waals surface area contributed by atoms with E-state index >= 15 is 0 Å². The van der Waals surface area contributed by atoms with Gasteiger partial charge in [-0.1, -0.05) is 19.1 Å². The van der Waals surface area contributed by atoms with Crippen LogP contribution in [0, 0.1) is 11.7 Å². The van der Waals surface area contributed by atoms with Crippen LogP contribution in [0.25, 0.3) is 0 Å². The van der Waals surface area contributed by atoms with Crippen molar-refractivity contribution in [3.63, 3.8) is 0 Å². The first-order valence-corrected chi connectivity index (χ1v) is 8.70. The lowest BCUT2D eigenvalue weighted by Crippen LogP contribution is -2.40. The van der Waals surface area contributed by atoms with Crippen LogP contribution in [0.4, 0.5) is 4.39 Å². The summed E-state index contributed by atoms with van der Waals surface area (Å²) < 4.78 is 12.9. The number of hydrogen-bond acceptors (Lipinski definition) is 2. The molecule has 0 aromatic heterocycles. The minimum atomic E-state index is -0.208. The minimum absolute atomic E-state index is 0. The normalized spacial score (nSPS) is 18.3. The van der Waals surface area contributed by atoms with Crippen LogP contribution in [0.1, 0.15) is 32.3 Å². The molecule has 1 aliphatic rings. The summed E-state index contributed by atoms with van der Waals surface area (Å²) in [4.78, 5) is 7.12. The number of guanidine groups is 1. The predicted octanol–water partition coefficient (Wildman–Crippen LogP) is 3.23. The van der Waals surface area contributed by atoms with Gasteiger partial charge in [0.1, 0.15) is 5.82 Å². The monoisotopic (exact) mass is 448 g/mol. The Morgan fingerprint density at radius 2 is 2.00 bits per heavy atom. The average Bonchev–Trinajstić information content (AvgIpc) is 3.00. The largest absolute Gasteiger partial charge is 0.357 e. The second-order valence-corrected chi connectivity index (χ2v) is 6.16. The highest BCUT2D eigenvalue weighted by molar-refractivity contribution is 14.0. The van der Waals surface area contributed by atoms with Crippen LogP contribution in [0.15, 0.2) is 29.3 Å². The van der Waals surface area contributed by atoms with E-state index in [1.807, 2.05) is 0 Å². The first kappa shape index (κ1) is 21.2. The van der Waals surface area contributed by atoms with Gasteiger partial charge in [-0.15, -0.1) is 24.0 Å². The summed E-state index contributed by atoms with van der Waals surface area (Å²) in [6.07, 6.45) is 2.48. The van der Waals surface area contributed by atoms with Crippen molar-refractivity contribution >= 4 is 29.9 Å². The zero-order valence-corrected chi connectivity index (χ0v) is 17.1. The third kappa shape index (κ3) is 7.34. The van der Waals surface area contributed by atoms with Crippen molar-refractivity contribution in [1.82, 2.24) is 15.5 Å². The maximum atomic E-state index is 12.9. The summed E-state index contributed by atoms with van der Waals surface area (Å²) in [7, 11) is 0. The minimum Gasteiger partial charge on any atom is -0.357 e. The van der Waals surface area contributed by atoms with E-state index in [4.69, 9.17) is 0 Å². The van der Waals surface area contributed by atoms with Gasteiger partial charge in [-0.3, -0.25) is 0 Å². The molecule has 0 radical (unpaired) electrons. The predicted molar refractivity (Wildman–Crippen MR) is 109 cm³/mol. The molecule has 2 rings (SSSR count). The lowest BCUT2D eigenvalue weighted by molar-refractivity contribution is 0.324. The van der Waals surface area contributed by atoms with Gasteiger partial charge in [-0.2, -0.15) is 0 Å². The van der Waals surface area contributed by atoms with Gasteiger partial charge in [0, 0.05) is 19.6 Å². The Hall–Kier alpha value is -0.890. The second-order valence-electron chi connectivity index (χ2n) is 6.16. The van der Waals surface area contributed by atoms with Crippen LogP contribution < -0.4 is 10.6 Å². The number of hydrogen-bond donors (Lipinski definition) is 2. The first-order valence-electron chi connectivity index (χ1n) is 8.70. The van der Waals surface area contributed by atoms with Crippen molar-refractivity contribution in [3.8, 4) is 0 Å². The Morgan fingerprint density at radius 3 is 2.67 bits per heavy atom. The van der Waals surface area contributed by atoms with E-state index in [1.54, 1.807) is 12.1 Å². The number of likely N-dealkylation sites (tertiary alicyclic amines) is 1. The molecule has 0 amide bonds. The highest BCUT2D eigenvalue weighted by atomic mass is 127. The summed E-state index contributed by atoms with van der Waals surface area (Å²) in [5, 5.41) is 6.72. The molecule has 0 saturated carbocycles. The van der Waals surface area contributed by atoms with Gasteiger partial charge in [0.15, 0.2) is 5.96 Å². The fourth-order valence-electron chi connectivity index (χ4n) is 2.94. The SMILES string of the molecule is CCCN1CCC(CNC(=NCc2ccc(F)cc2)NCC)C1.I. The van der Waals surface area contributed by atoms with Gasteiger partial charge in [0.2, 0.25) is 0 Å². The Labute approximate surface area is 162 Å². The fourth-order valence-corrected chi connectivity index (χ4v) is 2.94. The summed E-state index contributed by atoms with van der Waals surface area (Å²) in [5.41, 5.74) is 1.01. The summed E-state index contributed by atoms with van der Waals surface area (Å²) in [6.45, 7) is 10.2. The van der Waals surface area contributed by atoms with Gasteiger partial charge < -0.3 is 15.5 Å². The third-order valence-corrected chi connectivity index (χ3v) is 4.15. The van der Waals surface area contributed by atoms with Crippen LogP contribution in [0.5, 0.6) is 0 Å². The van der Waals surface area contributed by atoms with Crippen molar-refractivity contribution in [3.05, 3.63) is 35.6 Å². The molecule has 4 nitrogen and oxygen atoms in total. The number of rotatable bonds is 7. The zero-order valence-electron chi connectivity index (χ0n) is 14.7. The lowest BCUT2D eigenvalue weighted by Gasteiger charge is -2.17. The molecule has 1 saturated heterocycles. The molecule has 2 N–H and O–H groups in total. The maximum absolute atomic E-state index is 12.9. The number of benzene rings is 1. The Kier molecular flexibility index (Phi) is 10.2. The maximum Gasteiger partial charge on any atom is 0.191 e. The lowest BCUT2D eigenvalue weighted by atomic mass is 10.1. The molecule has 1 heterocycles. The Morgan fingerprint density at radius 1 is 1.25 bits per heavy atom. The second kappa shape index (κ2) is 11.6. The molecule has 0 spiro atoms. The van der Waals surface area contributed by atoms with Crippen molar-refractivity contribution in [2.75, 3.05) is 32.7 Å². The van der Waals surface area contributed by atoms with Gasteiger partial charge in [-0.05, 0) is 56.5 Å². The van der Waals surface area contributed by atoms with Crippen LogP contribution in [-0.4, -0.2) is 43.6 Å². The third-order valence-electron chi connectivity index (χ3n) is 4.15. The molecular formula is C18H30FIN4. The molecule has 24 heavy (non-hydrogen) atoms.